The van der Waals surface area contributed by atoms with E-state index in [1.807, 2.05) is 17.0 Å². The minimum Gasteiger partial charge on any atom is -0.378 e. The molecule has 0 aromatic heterocycles. The van der Waals surface area contributed by atoms with Crippen LogP contribution >= 0.6 is 0 Å². The molecule has 0 aliphatic carbocycles. The first-order valence-corrected chi connectivity index (χ1v) is 8.68. The number of nitrogens with one attached hydrogen (secondary N) is 1. The molecule has 1 aliphatic rings. The lowest BCUT2D eigenvalue weighted by Crippen LogP contribution is -2.36. The zero-order valence-electron chi connectivity index (χ0n) is 15.0. The van der Waals surface area contributed by atoms with Crippen LogP contribution in [0.5, 0.6) is 0 Å². The predicted octanol–water partition coefficient (Wildman–Crippen LogP) is 2.98. The molecule has 142 valence electrons. The number of anilines is 2. The van der Waals surface area contributed by atoms with Crippen LogP contribution in [0.15, 0.2) is 54.1 Å². The Labute approximate surface area is 161 Å². The van der Waals surface area contributed by atoms with Crippen molar-refractivity contribution in [2.75, 3.05) is 36.5 Å². The summed E-state index contributed by atoms with van der Waals surface area (Å²) in [6.07, 6.45) is 1.34. The number of para-hydroxylation sites is 1. The van der Waals surface area contributed by atoms with Gasteiger partial charge in [-0.05, 0) is 29.8 Å². The molecule has 2 aromatic carbocycles. The van der Waals surface area contributed by atoms with Crippen molar-refractivity contribution in [2.45, 2.75) is 0 Å². The van der Waals surface area contributed by atoms with E-state index >= 15 is 0 Å². The van der Waals surface area contributed by atoms with Crippen molar-refractivity contribution in [1.82, 2.24) is 0 Å². The topological polar surface area (TPSA) is 108 Å². The Morgan fingerprint density at radius 3 is 2.57 bits per heavy atom. The summed E-state index contributed by atoms with van der Waals surface area (Å²) in [5.74, 6) is -0.575. The molecule has 8 nitrogen and oxygen atoms in total. The first-order valence-electron chi connectivity index (χ1n) is 8.68. The number of carbonyl (C=O) groups is 1. The second kappa shape index (κ2) is 8.79. The molecule has 28 heavy (non-hydrogen) atoms. The van der Waals surface area contributed by atoms with Gasteiger partial charge < -0.3 is 15.0 Å². The number of ether oxygens (including phenoxy) is 1. The highest BCUT2D eigenvalue weighted by atomic mass is 16.6. The normalized spacial score (nSPS) is 14.2. The molecule has 0 unspecified atom stereocenters. The van der Waals surface area contributed by atoms with Gasteiger partial charge in [-0.15, -0.1) is 0 Å². The summed E-state index contributed by atoms with van der Waals surface area (Å²) < 4.78 is 5.29. The van der Waals surface area contributed by atoms with Crippen LogP contribution in [0, 0.1) is 21.4 Å². The number of morpholine rings is 1. The van der Waals surface area contributed by atoms with Gasteiger partial charge in [0.1, 0.15) is 17.3 Å². The van der Waals surface area contributed by atoms with Gasteiger partial charge in [0, 0.05) is 24.8 Å². The fraction of sp³-hybridized carbons (Fsp3) is 0.200. The Morgan fingerprint density at radius 1 is 1.21 bits per heavy atom. The molecule has 0 bridgehead atoms. The van der Waals surface area contributed by atoms with E-state index in [0.717, 1.165) is 0 Å². The van der Waals surface area contributed by atoms with E-state index in [1.165, 1.54) is 12.1 Å². The predicted molar refractivity (Wildman–Crippen MR) is 105 cm³/mol. The van der Waals surface area contributed by atoms with Crippen LogP contribution in [-0.4, -0.2) is 37.1 Å². The minimum absolute atomic E-state index is 0.0728. The summed E-state index contributed by atoms with van der Waals surface area (Å²) in [5, 5.41) is 23.5. The molecular formula is C20H18N4O4. The van der Waals surface area contributed by atoms with Crippen molar-refractivity contribution in [1.29, 1.82) is 5.26 Å². The lowest BCUT2D eigenvalue weighted by atomic mass is 10.1. The summed E-state index contributed by atoms with van der Waals surface area (Å²) in [6, 6.07) is 15.3. The van der Waals surface area contributed by atoms with Crippen LogP contribution in [-0.2, 0) is 9.53 Å². The van der Waals surface area contributed by atoms with Gasteiger partial charge in [-0.3, -0.25) is 14.9 Å². The molecule has 1 N–H and O–H groups in total. The number of rotatable bonds is 5. The summed E-state index contributed by atoms with van der Waals surface area (Å²) in [6.45, 7) is 2.16. The molecule has 0 radical (unpaired) electrons. The Kier molecular flexibility index (Phi) is 5.99. The second-order valence-corrected chi connectivity index (χ2v) is 6.09. The van der Waals surface area contributed by atoms with Crippen LogP contribution < -0.4 is 10.2 Å². The van der Waals surface area contributed by atoms with Gasteiger partial charge in [0.15, 0.2) is 0 Å². The average molecular weight is 378 g/mol. The molecule has 1 amide bonds. The molecule has 0 spiro atoms. The quantitative estimate of drug-likeness (QED) is 0.371. The number of benzene rings is 2. The summed E-state index contributed by atoms with van der Waals surface area (Å²) in [7, 11) is 0. The number of hydrogen-bond acceptors (Lipinski definition) is 6. The lowest BCUT2D eigenvalue weighted by molar-refractivity contribution is -0.384. The van der Waals surface area contributed by atoms with Gasteiger partial charge in [0.2, 0.25) is 0 Å². The first kappa shape index (κ1) is 19.1. The zero-order chi connectivity index (χ0) is 19.9. The number of nitriles is 1. The molecule has 1 heterocycles. The van der Waals surface area contributed by atoms with Crippen molar-refractivity contribution < 1.29 is 14.5 Å². The van der Waals surface area contributed by atoms with E-state index in [2.05, 4.69) is 5.32 Å². The Bertz CT molecular complexity index is 944. The molecule has 1 saturated heterocycles. The van der Waals surface area contributed by atoms with Gasteiger partial charge in [-0.25, -0.2) is 0 Å². The van der Waals surface area contributed by atoms with E-state index in [-0.39, 0.29) is 11.3 Å². The second-order valence-electron chi connectivity index (χ2n) is 6.09. The van der Waals surface area contributed by atoms with Crippen molar-refractivity contribution in [3.8, 4) is 6.07 Å². The standard InChI is InChI=1S/C20H18N4O4/c21-14-16(20(25)22-17-4-2-1-3-5-17)12-15-6-7-18(19(13-15)24(26)27)23-8-10-28-11-9-23/h1-7,12-13H,8-11H2,(H,22,25)/b16-12-. The summed E-state index contributed by atoms with van der Waals surface area (Å²) >= 11 is 0. The van der Waals surface area contributed by atoms with Crippen LogP contribution in [0.2, 0.25) is 0 Å². The Hall–Kier alpha value is -3.70. The van der Waals surface area contributed by atoms with Crippen molar-refractivity contribution in [3.63, 3.8) is 0 Å². The number of nitro benzene ring substituents is 1. The van der Waals surface area contributed by atoms with E-state index < -0.39 is 10.8 Å². The van der Waals surface area contributed by atoms with E-state index in [0.29, 0.717) is 43.2 Å². The molecule has 1 aliphatic heterocycles. The highest BCUT2D eigenvalue weighted by molar-refractivity contribution is 6.09. The zero-order valence-corrected chi connectivity index (χ0v) is 15.0. The molecule has 2 aromatic rings. The maximum absolute atomic E-state index is 12.3. The number of carbonyl (C=O) groups excluding carboxylic acids is 1. The molecule has 8 heteroatoms. The summed E-state index contributed by atoms with van der Waals surface area (Å²) in [5.41, 5.74) is 1.25. The molecule has 0 saturated carbocycles. The maximum Gasteiger partial charge on any atom is 0.293 e. The third-order valence-corrected chi connectivity index (χ3v) is 4.26. The van der Waals surface area contributed by atoms with Gasteiger partial charge in [-0.2, -0.15) is 5.26 Å². The van der Waals surface area contributed by atoms with Gasteiger partial charge in [0.05, 0.1) is 18.1 Å². The minimum atomic E-state index is -0.575. The molecular weight excluding hydrogens is 360 g/mol. The molecule has 0 atom stereocenters. The Morgan fingerprint density at radius 2 is 1.93 bits per heavy atom. The number of nitrogens with zero attached hydrogens (tertiary/aromatic N) is 3. The van der Waals surface area contributed by atoms with Crippen LogP contribution in [0.4, 0.5) is 17.1 Å². The average Bonchev–Trinajstić information content (AvgIpc) is 2.73. The van der Waals surface area contributed by atoms with Gasteiger partial charge in [0.25, 0.3) is 11.6 Å². The Balaban J connectivity index is 1.87. The number of nitro groups is 1. The largest absolute Gasteiger partial charge is 0.378 e. The lowest BCUT2D eigenvalue weighted by Gasteiger charge is -2.28. The fourth-order valence-corrected chi connectivity index (χ4v) is 2.88. The molecule has 3 rings (SSSR count). The third-order valence-electron chi connectivity index (χ3n) is 4.26. The van der Waals surface area contributed by atoms with Crippen LogP contribution in [0.25, 0.3) is 6.08 Å². The highest BCUT2D eigenvalue weighted by Gasteiger charge is 2.22. The van der Waals surface area contributed by atoms with E-state index in [9.17, 15) is 20.2 Å². The monoisotopic (exact) mass is 378 g/mol. The fourth-order valence-electron chi connectivity index (χ4n) is 2.88. The summed E-state index contributed by atoms with van der Waals surface area (Å²) in [4.78, 5) is 25.3. The first-order chi connectivity index (χ1) is 13.6. The van der Waals surface area contributed by atoms with Crippen molar-refractivity contribution in [2.24, 2.45) is 0 Å². The number of hydrogen-bond donors (Lipinski definition) is 1. The van der Waals surface area contributed by atoms with Crippen molar-refractivity contribution >= 4 is 29.0 Å². The van der Waals surface area contributed by atoms with E-state index in [1.54, 1.807) is 36.4 Å². The van der Waals surface area contributed by atoms with Crippen LogP contribution in [0.3, 0.4) is 0 Å². The SMILES string of the molecule is N#C/C(=C/c1ccc(N2CCOCC2)c([N+](=O)[O-])c1)C(=O)Nc1ccccc1. The maximum atomic E-state index is 12.3. The van der Waals surface area contributed by atoms with Crippen molar-refractivity contribution in [3.05, 3.63) is 69.8 Å². The highest BCUT2D eigenvalue weighted by Crippen LogP contribution is 2.30. The van der Waals surface area contributed by atoms with E-state index in [4.69, 9.17) is 4.74 Å². The third kappa shape index (κ3) is 4.52. The smallest absolute Gasteiger partial charge is 0.293 e. The van der Waals surface area contributed by atoms with Crippen LogP contribution in [0.1, 0.15) is 5.56 Å². The van der Waals surface area contributed by atoms with Gasteiger partial charge in [-0.1, -0.05) is 24.3 Å². The molecule has 1 fully saturated rings. The van der Waals surface area contributed by atoms with Gasteiger partial charge >= 0.3 is 0 Å². The number of amides is 1.